The van der Waals surface area contributed by atoms with Crippen LogP contribution in [0, 0.1) is 5.82 Å². The summed E-state index contributed by atoms with van der Waals surface area (Å²) in [6.07, 6.45) is 2.11. The number of aliphatic hydroxyl groups is 2. The Bertz CT molecular complexity index is 1090. The van der Waals surface area contributed by atoms with E-state index in [0.717, 1.165) is 28.2 Å². The molecule has 0 amide bonds. The molecular weight excluding hydrogens is 399 g/mol. The maximum absolute atomic E-state index is 14.7. The Morgan fingerprint density at radius 1 is 1.19 bits per heavy atom. The zero-order valence-electron chi connectivity index (χ0n) is 17.8. The summed E-state index contributed by atoms with van der Waals surface area (Å²) in [6, 6.07) is 5.22. The fourth-order valence-electron chi connectivity index (χ4n) is 4.05. The van der Waals surface area contributed by atoms with Crippen LogP contribution in [0.5, 0.6) is 0 Å². The van der Waals surface area contributed by atoms with E-state index < -0.39 is 18.0 Å². The van der Waals surface area contributed by atoms with Crippen LogP contribution >= 0.6 is 0 Å². The number of nitrogens with one attached hydrogen (secondary N) is 1. The molecule has 2 aromatic heterocycles. The van der Waals surface area contributed by atoms with Crippen molar-refractivity contribution in [3.8, 4) is 11.3 Å². The van der Waals surface area contributed by atoms with Gasteiger partial charge < -0.3 is 20.3 Å². The van der Waals surface area contributed by atoms with E-state index in [0.29, 0.717) is 18.6 Å². The van der Waals surface area contributed by atoms with Gasteiger partial charge in [-0.2, -0.15) is 0 Å². The molecule has 1 aliphatic rings. The Labute approximate surface area is 180 Å². The highest BCUT2D eigenvalue weighted by molar-refractivity contribution is 5.88. The number of hydrogen-bond acceptors (Lipinski definition) is 7. The zero-order valence-corrected chi connectivity index (χ0v) is 17.8. The van der Waals surface area contributed by atoms with E-state index in [9.17, 15) is 14.6 Å². The van der Waals surface area contributed by atoms with Gasteiger partial charge in [0.25, 0.3) is 0 Å². The number of nitrogens with zero attached hydrogens (tertiary/aromatic N) is 3. The minimum Gasteiger partial charge on any atom is -0.389 e. The third-order valence-electron chi connectivity index (χ3n) is 5.63. The van der Waals surface area contributed by atoms with Crippen molar-refractivity contribution in [1.29, 1.82) is 0 Å². The van der Waals surface area contributed by atoms with Gasteiger partial charge in [-0.3, -0.25) is 4.98 Å². The van der Waals surface area contributed by atoms with E-state index in [4.69, 9.17) is 4.74 Å². The number of anilines is 1. The van der Waals surface area contributed by atoms with Crippen LogP contribution in [0.15, 0.2) is 30.6 Å². The fraction of sp³-hybridized carbons (Fsp3) is 0.435. The van der Waals surface area contributed by atoms with Crippen LogP contribution in [0.25, 0.3) is 22.2 Å². The largest absolute Gasteiger partial charge is 0.389 e. The predicted molar refractivity (Wildman–Crippen MR) is 116 cm³/mol. The fourth-order valence-corrected chi connectivity index (χ4v) is 4.05. The second kappa shape index (κ2) is 8.82. The number of ether oxygens (including phenoxy) is 1. The Morgan fingerprint density at radius 2 is 2.00 bits per heavy atom. The molecular formula is C23H27FN4O3. The highest BCUT2D eigenvalue weighted by Gasteiger charge is 2.25. The molecule has 0 bridgehead atoms. The van der Waals surface area contributed by atoms with Crippen LogP contribution in [-0.4, -0.2) is 50.5 Å². The molecule has 1 saturated heterocycles. The van der Waals surface area contributed by atoms with E-state index in [1.807, 2.05) is 12.1 Å². The van der Waals surface area contributed by atoms with E-state index >= 15 is 0 Å². The summed E-state index contributed by atoms with van der Waals surface area (Å²) in [5.74, 6) is -0.140. The summed E-state index contributed by atoms with van der Waals surface area (Å²) in [6.45, 7) is 6.60. The highest BCUT2D eigenvalue weighted by atomic mass is 19.1. The summed E-state index contributed by atoms with van der Waals surface area (Å²) < 4.78 is 19.9. The normalized spacial score (nSPS) is 20.2. The lowest BCUT2D eigenvalue weighted by Gasteiger charge is -2.28. The molecule has 1 aromatic carbocycles. The molecule has 0 saturated carbocycles. The second-order valence-corrected chi connectivity index (χ2v) is 8.26. The first kappa shape index (κ1) is 21.5. The van der Waals surface area contributed by atoms with Gasteiger partial charge in [0.05, 0.1) is 36.6 Å². The van der Waals surface area contributed by atoms with Crippen LogP contribution in [0.3, 0.4) is 0 Å². The van der Waals surface area contributed by atoms with Crippen LogP contribution in [-0.2, 0) is 4.74 Å². The first-order chi connectivity index (χ1) is 14.8. The van der Waals surface area contributed by atoms with Gasteiger partial charge in [-0.1, -0.05) is 19.9 Å². The second-order valence-electron chi connectivity index (χ2n) is 8.26. The Morgan fingerprint density at radius 3 is 2.71 bits per heavy atom. The smallest absolute Gasteiger partial charge is 0.223 e. The van der Waals surface area contributed by atoms with Gasteiger partial charge in [-0.25, -0.2) is 14.4 Å². The lowest BCUT2D eigenvalue weighted by Crippen LogP contribution is -2.42. The number of hydrogen-bond donors (Lipinski definition) is 3. The molecule has 1 aliphatic heterocycles. The third-order valence-corrected chi connectivity index (χ3v) is 5.63. The van der Waals surface area contributed by atoms with Gasteiger partial charge >= 0.3 is 0 Å². The van der Waals surface area contributed by atoms with Crippen LogP contribution in [0.1, 0.15) is 50.3 Å². The maximum Gasteiger partial charge on any atom is 0.223 e. The van der Waals surface area contributed by atoms with Gasteiger partial charge in [0.15, 0.2) is 5.82 Å². The van der Waals surface area contributed by atoms with Crippen molar-refractivity contribution in [2.45, 2.75) is 51.4 Å². The number of aromatic nitrogens is 3. The van der Waals surface area contributed by atoms with Gasteiger partial charge in [-0.05, 0) is 37.0 Å². The lowest BCUT2D eigenvalue weighted by atomic mass is 9.91. The molecule has 31 heavy (non-hydrogen) atoms. The number of halogens is 1. The summed E-state index contributed by atoms with van der Waals surface area (Å²) in [7, 11) is 0. The Balaban J connectivity index is 1.76. The maximum atomic E-state index is 14.7. The molecule has 0 radical (unpaired) electrons. The first-order valence-electron chi connectivity index (χ1n) is 10.5. The third kappa shape index (κ3) is 4.37. The standard InChI is InChI=1S/C23H27FN4O3/c1-12(2)21-15-8-14(4-5-18(15)25-9-16(21)13(3)29)22-17(24)10-26-23(28-22)27-19-6-7-31-11-20(19)30/h4-5,8-10,12-13,19-20,29-30H,6-7,11H2,1-3H3,(H,26,27,28)/t13-,19-,20-/m1/s1. The minimum atomic E-state index is -0.676. The zero-order chi connectivity index (χ0) is 22.1. The summed E-state index contributed by atoms with van der Waals surface area (Å²) in [4.78, 5) is 12.9. The molecule has 3 aromatic rings. The number of benzene rings is 1. The molecule has 3 N–H and O–H groups in total. The first-order valence-corrected chi connectivity index (χ1v) is 10.5. The molecule has 7 nitrogen and oxygen atoms in total. The molecule has 3 atom stereocenters. The van der Waals surface area contributed by atoms with Crippen LogP contribution in [0.4, 0.5) is 10.3 Å². The van der Waals surface area contributed by atoms with Gasteiger partial charge in [0.1, 0.15) is 5.69 Å². The van der Waals surface area contributed by atoms with Gasteiger partial charge in [-0.15, -0.1) is 0 Å². The highest BCUT2D eigenvalue weighted by Crippen LogP contribution is 2.34. The van der Waals surface area contributed by atoms with Crippen molar-refractivity contribution in [2.75, 3.05) is 18.5 Å². The van der Waals surface area contributed by atoms with Crippen molar-refractivity contribution in [3.63, 3.8) is 0 Å². The SMILES string of the molecule is CC(C)c1c([C@@H](C)O)cnc2ccc(-c3nc(N[C@@H]4CCOC[C@H]4O)ncc3F)cc12. The molecule has 1 fully saturated rings. The minimum absolute atomic E-state index is 0.146. The van der Waals surface area contributed by atoms with E-state index in [-0.39, 0.29) is 30.2 Å². The quantitative estimate of drug-likeness (QED) is 0.573. The predicted octanol–water partition coefficient (Wildman–Crippen LogP) is 3.57. The van der Waals surface area contributed by atoms with Crippen molar-refractivity contribution in [1.82, 2.24) is 15.0 Å². The summed E-state index contributed by atoms with van der Waals surface area (Å²) in [5.41, 5.74) is 3.28. The van der Waals surface area contributed by atoms with Crippen molar-refractivity contribution in [3.05, 3.63) is 47.5 Å². The molecule has 8 heteroatoms. The number of aliphatic hydroxyl groups excluding tert-OH is 2. The monoisotopic (exact) mass is 426 g/mol. The van der Waals surface area contributed by atoms with Crippen LogP contribution in [0.2, 0.25) is 0 Å². The van der Waals surface area contributed by atoms with Gasteiger partial charge in [0, 0.05) is 29.3 Å². The summed E-state index contributed by atoms with van der Waals surface area (Å²) >= 11 is 0. The molecule has 0 aliphatic carbocycles. The summed E-state index contributed by atoms with van der Waals surface area (Å²) in [5, 5.41) is 24.3. The average Bonchev–Trinajstić information content (AvgIpc) is 2.75. The van der Waals surface area contributed by atoms with E-state index in [1.165, 1.54) is 0 Å². The average molecular weight is 426 g/mol. The van der Waals surface area contributed by atoms with E-state index in [2.05, 4.69) is 34.1 Å². The number of rotatable bonds is 5. The van der Waals surface area contributed by atoms with Gasteiger partial charge in [0.2, 0.25) is 5.95 Å². The molecule has 0 spiro atoms. The topological polar surface area (TPSA) is 100 Å². The van der Waals surface area contributed by atoms with Crippen molar-refractivity contribution in [2.24, 2.45) is 0 Å². The molecule has 3 heterocycles. The number of fused-ring (bicyclic) bond motifs is 1. The van der Waals surface area contributed by atoms with Crippen molar-refractivity contribution < 1.29 is 19.3 Å². The molecule has 0 unspecified atom stereocenters. The number of pyridine rings is 1. The Kier molecular flexibility index (Phi) is 6.13. The Hall–Kier alpha value is -2.68. The molecule has 4 rings (SSSR count). The van der Waals surface area contributed by atoms with Crippen molar-refractivity contribution >= 4 is 16.9 Å². The lowest BCUT2D eigenvalue weighted by molar-refractivity contribution is -0.0136. The van der Waals surface area contributed by atoms with E-state index in [1.54, 1.807) is 19.2 Å². The van der Waals surface area contributed by atoms with Crippen LogP contribution < -0.4 is 5.32 Å². The molecule has 164 valence electrons.